The van der Waals surface area contributed by atoms with Crippen LogP contribution in [0.5, 0.6) is 0 Å². The molecule has 35 heavy (non-hydrogen) atoms. The molecule has 0 amide bonds. The number of imidazole rings is 1. The Balaban J connectivity index is 1.68. The molecule has 0 radical (unpaired) electrons. The van der Waals surface area contributed by atoms with E-state index in [2.05, 4.69) is 115 Å². The molecule has 0 bridgehead atoms. The van der Waals surface area contributed by atoms with Crippen LogP contribution in [0, 0.1) is 13.8 Å². The van der Waals surface area contributed by atoms with E-state index < -0.39 is 0 Å². The van der Waals surface area contributed by atoms with Crippen molar-refractivity contribution in [2.45, 2.75) is 13.8 Å². The van der Waals surface area contributed by atoms with Crippen LogP contribution < -0.4 is 0 Å². The molecule has 8 rings (SSSR count). The number of rotatable bonds is 1. The first kappa shape index (κ1) is 18.9. The van der Waals surface area contributed by atoms with Crippen LogP contribution in [-0.4, -0.2) is 9.38 Å². The van der Waals surface area contributed by atoms with Crippen LogP contribution in [0.25, 0.3) is 70.9 Å². The first-order valence-corrected chi connectivity index (χ1v) is 12.1. The predicted octanol–water partition coefficient (Wildman–Crippen LogP) is 8.82. The van der Waals surface area contributed by atoms with Crippen molar-refractivity contribution in [3.8, 4) is 11.3 Å². The first-order valence-electron chi connectivity index (χ1n) is 12.1. The van der Waals surface area contributed by atoms with Crippen molar-refractivity contribution in [2.75, 3.05) is 0 Å². The minimum Gasteiger partial charge on any atom is -0.292 e. The Kier molecular flexibility index (Phi) is 3.56. The van der Waals surface area contributed by atoms with E-state index in [0.29, 0.717) is 0 Å². The molecule has 0 spiro atoms. The highest BCUT2D eigenvalue weighted by Crippen LogP contribution is 2.42. The average molecular weight is 447 g/mol. The Morgan fingerprint density at radius 1 is 0.571 bits per heavy atom. The fourth-order valence-electron chi connectivity index (χ4n) is 6.24. The maximum absolute atomic E-state index is 5.02. The van der Waals surface area contributed by atoms with Gasteiger partial charge >= 0.3 is 0 Å². The molecular weight excluding hydrogens is 424 g/mol. The van der Waals surface area contributed by atoms with Crippen molar-refractivity contribution in [2.24, 2.45) is 0 Å². The maximum atomic E-state index is 5.02. The Labute approximate surface area is 202 Å². The molecule has 0 aliphatic rings. The Morgan fingerprint density at radius 2 is 1.31 bits per heavy atom. The molecule has 2 nitrogen and oxygen atoms in total. The van der Waals surface area contributed by atoms with Crippen molar-refractivity contribution in [3.63, 3.8) is 0 Å². The van der Waals surface area contributed by atoms with E-state index in [9.17, 15) is 0 Å². The van der Waals surface area contributed by atoms with Gasteiger partial charge in [0.1, 0.15) is 5.65 Å². The summed E-state index contributed by atoms with van der Waals surface area (Å²) in [4.78, 5) is 5.02. The predicted molar refractivity (Wildman–Crippen MR) is 149 cm³/mol. The summed E-state index contributed by atoms with van der Waals surface area (Å²) in [5, 5.41) is 11.5. The lowest BCUT2D eigenvalue weighted by Gasteiger charge is -2.18. The van der Waals surface area contributed by atoms with Gasteiger partial charge in [-0.2, -0.15) is 0 Å². The van der Waals surface area contributed by atoms with Gasteiger partial charge in [0.15, 0.2) is 0 Å². The number of fused-ring (bicyclic) bond motifs is 6. The van der Waals surface area contributed by atoms with E-state index in [-0.39, 0.29) is 0 Å². The average Bonchev–Trinajstić information content (AvgIpc) is 3.31. The quantitative estimate of drug-likeness (QED) is 0.182. The number of aromatic nitrogens is 2. The molecule has 0 saturated carbocycles. The van der Waals surface area contributed by atoms with Crippen molar-refractivity contribution >= 4 is 59.6 Å². The van der Waals surface area contributed by atoms with Crippen molar-refractivity contribution in [3.05, 3.63) is 108 Å². The van der Waals surface area contributed by atoms with Gasteiger partial charge in [0, 0.05) is 21.7 Å². The summed E-state index contributed by atoms with van der Waals surface area (Å²) in [6.07, 6.45) is 2.06. The fraction of sp³-hybridized carbons (Fsp3) is 0.0606. The van der Waals surface area contributed by atoms with Gasteiger partial charge in [0.25, 0.3) is 0 Å². The van der Waals surface area contributed by atoms with Gasteiger partial charge in [-0.15, -0.1) is 0 Å². The molecule has 0 atom stereocenters. The molecule has 164 valence electrons. The molecular formula is C33H22N2. The maximum Gasteiger partial charge on any atom is 0.145 e. The highest BCUT2D eigenvalue weighted by atomic mass is 15.0. The van der Waals surface area contributed by atoms with E-state index in [0.717, 1.165) is 11.3 Å². The number of hydrogen-bond donors (Lipinski definition) is 0. The first-order chi connectivity index (χ1) is 17.2. The van der Waals surface area contributed by atoms with Gasteiger partial charge in [-0.05, 0) is 75.5 Å². The number of pyridine rings is 1. The summed E-state index contributed by atoms with van der Waals surface area (Å²) in [5.74, 6) is 0. The molecule has 0 aliphatic carbocycles. The normalized spacial score (nSPS) is 12.3. The lowest BCUT2D eigenvalue weighted by atomic mass is 9.92. The molecule has 2 aromatic heterocycles. The number of hydrogen-bond acceptors (Lipinski definition) is 1. The molecule has 8 aromatic rings. The minimum absolute atomic E-state index is 1.02. The van der Waals surface area contributed by atoms with Crippen molar-refractivity contribution in [1.29, 1.82) is 0 Å². The summed E-state index contributed by atoms with van der Waals surface area (Å²) in [6, 6.07) is 33.4. The SMILES string of the molecule is Cc1cccc(C)c1-c1cnc2c3cccc4ccc5c6cc7ccccc7cc6cc(c5c43)n12. The van der Waals surface area contributed by atoms with Crippen molar-refractivity contribution < 1.29 is 0 Å². The minimum atomic E-state index is 1.02. The van der Waals surface area contributed by atoms with Crippen LogP contribution in [0.2, 0.25) is 0 Å². The third kappa shape index (κ3) is 2.41. The second-order valence-corrected chi connectivity index (χ2v) is 9.78. The van der Waals surface area contributed by atoms with E-state index in [1.54, 1.807) is 0 Å². The van der Waals surface area contributed by atoms with E-state index >= 15 is 0 Å². The summed E-state index contributed by atoms with van der Waals surface area (Å²) in [6.45, 7) is 4.39. The lowest BCUT2D eigenvalue weighted by molar-refractivity contribution is 1.25. The lowest BCUT2D eigenvalue weighted by Crippen LogP contribution is -1.98. The third-order valence-electron chi connectivity index (χ3n) is 7.78. The largest absolute Gasteiger partial charge is 0.292 e. The van der Waals surface area contributed by atoms with Gasteiger partial charge in [-0.3, -0.25) is 4.40 Å². The highest BCUT2D eigenvalue weighted by molar-refractivity contribution is 6.31. The van der Waals surface area contributed by atoms with E-state index in [4.69, 9.17) is 4.98 Å². The molecule has 2 heterocycles. The number of benzene rings is 6. The fourth-order valence-corrected chi connectivity index (χ4v) is 6.24. The number of nitrogens with zero attached hydrogens (tertiary/aromatic N) is 2. The van der Waals surface area contributed by atoms with Gasteiger partial charge in [0.05, 0.1) is 17.4 Å². The Bertz CT molecular complexity index is 2110. The molecule has 6 aromatic carbocycles. The smallest absolute Gasteiger partial charge is 0.145 e. The van der Waals surface area contributed by atoms with Gasteiger partial charge in [0.2, 0.25) is 0 Å². The Hall–Kier alpha value is -4.43. The van der Waals surface area contributed by atoms with Crippen LogP contribution >= 0.6 is 0 Å². The van der Waals surface area contributed by atoms with Gasteiger partial charge < -0.3 is 0 Å². The van der Waals surface area contributed by atoms with Crippen LogP contribution in [0.1, 0.15) is 11.1 Å². The zero-order chi connectivity index (χ0) is 23.3. The third-order valence-corrected chi connectivity index (χ3v) is 7.78. The van der Waals surface area contributed by atoms with Crippen molar-refractivity contribution in [1.82, 2.24) is 9.38 Å². The van der Waals surface area contributed by atoms with Gasteiger partial charge in [-0.25, -0.2) is 4.98 Å². The molecule has 0 aliphatic heterocycles. The van der Waals surface area contributed by atoms with Crippen LogP contribution in [0.3, 0.4) is 0 Å². The zero-order valence-electron chi connectivity index (χ0n) is 19.6. The second-order valence-electron chi connectivity index (χ2n) is 9.78. The standard InChI is InChI=1S/C33H22N2/c1-19-7-5-8-20(2)30(19)29-18-34-33-26-12-6-11-21-13-14-25-27-16-23-10-4-3-9-22(23)15-24(27)17-28(35(29)33)32(25)31(21)26/h3-18H,1-2H3. The summed E-state index contributed by atoms with van der Waals surface area (Å²) >= 11 is 0. The summed E-state index contributed by atoms with van der Waals surface area (Å²) in [5.41, 5.74) is 7.21. The molecule has 2 heteroatoms. The molecule has 0 saturated heterocycles. The monoisotopic (exact) mass is 446 g/mol. The topological polar surface area (TPSA) is 17.3 Å². The Morgan fingerprint density at radius 3 is 2.14 bits per heavy atom. The molecule has 0 unspecified atom stereocenters. The molecule has 0 N–H and O–H groups in total. The summed E-state index contributed by atoms with van der Waals surface area (Å²) in [7, 11) is 0. The number of aryl methyl sites for hydroxylation is 2. The summed E-state index contributed by atoms with van der Waals surface area (Å²) < 4.78 is 2.40. The zero-order valence-corrected chi connectivity index (χ0v) is 19.6. The van der Waals surface area contributed by atoms with Crippen LogP contribution in [0.4, 0.5) is 0 Å². The van der Waals surface area contributed by atoms with E-state index in [1.165, 1.54) is 70.7 Å². The van der Waals surface area contributed by atoms with Crippen LogP contribution in [-0.2, 0) is 0 Å². The van der Waals surface area contributed by atoms with Gasteiger partial charge in [-0.1, -0.05) is 72.8 Å². The van der Waals surface area contributed by atoms with Crippen LogP contribution in [0.15, 0.2) is 97.2 Å². The highest BCUT2D eigenvalue weighted by Gasteiger charge is 2.20. The second kappa shape index (κ2) is 6.58. The molecule has 0 fully saturated rings. The van der Waals surface area contributed by atoms with E-state index in [1.807, 2.05) is 0 Å².